The van der Waals surface area contributed by atoms with E-state index in [0.29, 0.717) is 13.0 Å². The lowest BCUT2D eigenvalue weighted by Crippen LogP contribution is -2.46. The fraction of sp³-hybridized carbons (Fsp3) is 0.818. The Bertz CT molecular complexity index is 254. The van der Waals surface area contributed by atoms with E-state index in [2.05, 4.69) is 10.6 Å². The van der Waals surface area contributed by atoms with Crippen LogP contribution in [0.2, 0.25) is 0 Å². The Labute approximate surface area is 102 Å². The van der Waals surface area contributed by atoms with Crippen molar-refractivity contribution < 1.29 is 14.7 Å². The second-order valence-corrected chi connectivity index (χ2v) is 4.55. The number of hydrogen-bond acceptors (Lipinski definition) is 4. The number of aliphatic hydroxyl groups excluding tert-OH is 1. The van der Waals surface area contributed by atoms with E-state index >= 15 is 0 Å². The van der Waals surface area contributed by atoms with Crippen molar-refractivity contribution in [1.29, 1.82) is 0 Å². The standard InChI is InChI=1S/C11H23N3O3/c1-8(2)12-11(17)13-10(16)7-14(4)6-5-9(3)15/h8-9,15H,5-7H2,1-4H3,(H2,12,13,16,17). The monoisotopic (exact) mass is 245 g/mol. The molecule has 0 heterocycles. The van der Waals surface area contributed by atoms with Gasteiger partial charge in [0.15, 0.2) is 0 Å². The highest BCUT2D eigenvalue weighted by molar-refractivity contribution is 5.95. The van der Waals surface area contributed by atoms with Crippen LogP contribution in [0.1, 0.15) is 27.2 Å². The number of urea groups is 1. The van der Waals surface area contributed by atoms with Crippen LogP contribution in [0.3, 0.4) is 0 Å². The number of rotatable bonds is 6. The zero-order chi connectivity index (χ0) is 13.4. The molecule has 0 fully saturated rings. The minimum absolute atomic E-state index is 0.00392. The Morgan fingerprint density at radius 2 is 1.88 bits per heavy atom. The molecule has 0 aromatic rings. The first-order valence-electron chi connectivity index (χ1n) is 5.78. The van der Waals surface area contributed by atoms with Crippen molar-refractivity contribution in [2.75, 3.05) is 20.1 Å². The molecule has 0 aromatic heterocycles. The minimum Gasteiger partial charge on any atom is -0.393 e. The van der Waals surface area contributed by atoms with Crippen molar-refractivity contribution in [1.82, 2.24) is 15.5 Å². The highest BCUT2D eigenvalue weighted by Gasteiger charge is 2.11. The van der Waals surface area contributed by atoms with Crippen molar-refractivity contribution in [2.45, 2.75) is 39.3 Å². The van der Waals surface area contributed by atoms with Crippen LogP contribution in [0.5, 0.6) is 0 Å². The number of nitrogens with zero attached hydrogens (tertiary/aromatic N) is 1. The average molecular weight is 245 g/mol. The van der Waals surface area contributed by atoms with Crippen LogP contribution in [0.25, 0.3) is 0 Å². The predicted octanol–water partition coefficient (Wildman–Crippen LogP) is -0.0767. The largest absolute Gasteiger partial charge is 0.393 e. The Balaban J connectivity index is 3.81. The van der Waals surface area contributed by atoms with Crippen molar-refractivity contribution in [3.63, 3.8) is 0 Å². The topological polar surface area (TPSA) is 81.7 Å². The van der Waals surface area contributed by atoms with Crippen molar-refractivity contribution in [3.8, 4) is 0 Å². The molecule has 0 aromatic carbocycles. The zero-order valence-electron chi connectivity index (χ0n) is 11.0. The molecule has 100 valence electrons. The van der Waals surface area contributed by atoms with Gasteiger partial charge < -0.3 is 10.4 Å². The highest BCUT2D eigenvalue weighted by atomic mass is 16.3. The molecule has 0 aliphatic carbocycles. The number of carbonyl (C=O) groups is 2. The SMILES string of the molecule is CC(O)CCN(C)CC(=O)NC(=O)NC(C)C. The van der Waals surface area contributed by atoms with Gasteiger partial charge in [0.05, 0.1) is 12.6 Å². The lowest BCUT2D eigenvalue weighted by Gasteiger charge is -2.17. The summed E-state index contributed by atoms with van der Waals surface area (Å²) in [5, 5.41) is 13.9. The molecule has 0 saturated heterocycles. The summed E-state index contributed by atoms with van der Waals surface area (Å²) in [5.41, 5.74) is 0. The van der Waals surface area contributed by atoms with E-state index in [1.165, 1.54) is 0 Å². The van der Waals surface area contributed by atoms with Crippen molar-refractivity contribution in [2.24, 2.45) is 0 Å². The summed E-state index contributed by atoms with van der Waals surface area (Å²) in [5.74, 6) is -0.351. The fourth-order valence-electron chi connectivity index (χ4n) is 1.20. The van der Waals surface area contributed by atoms with Gasteiger partial charge in [0.25, 0.3) is 0 Å². The summed E-state index contributed by atoms with van der Waals surface area (Å²) in [6.07, 6.45) is 0.215. The molecular weight excluding hydrogens is 222 g/mol. The van der Waals surface area contributed by atoms with Crippen LogP contribution in [-0.4, -0.2) is 54.2 Å². The molecule has 0 aliphatic heterocycles. The molecule has 0 rings (SSSR count). The summed E-state index contributed by atoms with van der Waals surface area (Å²) >= 11 is 0. The molecule has 6 heteroatoms. The molecular formula is C11H23N3O3. The fourth-order valence-corrected chi connectivity index (χ4v) is 1.20. The van der Waals surface area contributed by atoms with Crippen LogP contribution in [0.4, 0.5) is 4.79 Å². The summed E-state index contributed by atoms with van der Waals surface area (Å²) in [6.45, 7) is 6.08. The third kappa shape index (κ3) is 9.77. The van der Waals surface area contributed by atoms with Gasteiger partial charge in [-0.15, -0.1) is 0 Å². The Kier molecular flexibility index (Phi) is 7.49. The molecule has 1 atom stereocenters. The first-order valence-corrected chi connectivity index (χ1v) is 5.78. The Morgan fingerprint density at radius 1 is 1.29 bits per heavy atom. The van der Waals surface area contributed by atoms with Crippen LogP contribution >= 0.6 is 0 Å². The number of imide groups is 1. The molecule has 0 spiro atoms. The summed E-state index contributed by atoms with van der Waals surface area (Å²) < 4.78 is 0. The van der Waals surface area contributed by atoms with Gasteiger partial charge in [-0.05, 0) is 34.2 Å². The van der Waals surface area contributed by atoms with Crippen molar-refractivity contribution >= 4 is 11.9 Å². The maximum Gasteiger partial charge on any atom is 0.321 e. The molecule has 0 bridgehead atoms. The number of likely N-dealkylation sites (N-methyl/N-ethyl adjacent to an activating group) is 1. The highest BCUT2D eigenvalue weighted by Crippen LogP contribution is 1.92. The molecule has 0 radical (unpaired) electrons. The number of hydrogen-bond donors (Lipinski definition) is 3. The first-order chi connectivity index (χ1) is 7.81. The third-order valence-corrected chi connectivity index (χ3v) is 2.01. The second kappa shape index (κ2) is 8.03. The molecule has 1 unspecified atom stereocenters. The molecule has 0 aliphatic rings. The van der Waals surface area contributed by atoms with E-state index in [1.807, 2.05) is 13.8 Å². The first kappa shape index (κ1) is 15.9. The van der Waals surface area contributed by atoms with Gasteiger partial charge in [0.1, 0.15) is 0 Å². The number of amides is 3. The number of carbonyl (C=O) groups excluding carboxylic acids is 2. The van der Waals surface area contributed by atoms with Gasteiger partial charge in [-0.25, -0.2) is 4.79 Å². The van der Waals surface area contributed by atoms with Gasteiger partial charge in [0.2, 0.25) is 5.91 Å². The van der Waals surface area contributed by atoms with E-state index in [9.17, 15) is 9.59 Å². The van der Waals surface area contributed by atoms with E-state index in [1.54, 1.807) is 18.9 Å². The maximum absolute atomic E-state index is 11.4. The van der Waals surface area contributed by atoms with Gasteiger partial charge >= 0.3 is 6.03 Å². The van der Waals surface area contributed by atoms with Crippen LogP contribution in [0.15, 0.2) is 0 Å². The lowest BCUT2D eigenvalue weighted by atomic mass is 10.3. The van der Waals surface area contributed by atoms with Crippen LogP contribution in [-0.2, 0) is 4.79 Å². The van der Waals surface area contributed by atoms with Crippen molar-refractivity contribution in [3.05, 3.63) is 0 Å². The van der Waals surface area contributed by atoms with Crippen LogP contribution < -0.4 is 10.6 Å². The second-order valence-electron chi connectivity index (χ2n) is 4.55. The molecule has 17 heavy (non-hydrogen) atoms. The minimum atomic E-state index is -0.478. The average Bonchev–Trinajstić information content (AvgIpc) is 2.12. The Morgan fingerprint density at radius 3 is 2.35 bits per heavy atom. The van der Waals surface area contributed by atoms with E-state index in [0.717, 1.165) is 0 Å². The molecule has 3 amide bonds. The third-order valence-electron chi connectivity index (χ3n) is 2.01. The van der Waals surface area contributed by atoms with Crippen LogP contribution in [0, 0.1) is 0 Å². The molecule has 3 N–H and O–H groups in total. The normalized spacial score (nSPS) is 12.6. The van der Waals surface area contributed by atoms with E-state index < -0.39 is 6.03 Å². The molecule has 0 saturated carbocycles. The Hall–Kier alpha value is -1.14. The quantitative estimate of drug-likeness (QED) is 0.611. The van der Waals surface area contributed by atoms with E-state index in [4.69, 9.17) is 5.11 Å². The maximum atomic E-state index is 11.4. The van der Waals surface area contributed by atoms with Gasteiger partial charge in [-0.3, -0.25) is 15.0 Å². The smallest absolute Gasteiger partial charge is 0.321 e. The van der Waals surface area contributed by atoms with Gasteiger partial charge in [-0.2, -0.15) is 0 Å². The van der Waals surface area contributed by atoms with Gasteiger partial charge in [-0.1, -0.05) is 0 Å². The number of aliphatic hydroxyl groups is 1. The summed E-state index contributed by atoms with van der Waals surface area (Å²) in [6, 6.07) is -0.482. The predicted molar refractivity (Wildman–Crippen MR) is 65.6 cm³/mol. The van der Waals surface area contributed by atoms with Gasteiger partial charge in [0, 0.05) is 12.6 Å². The van der Waals surface area contributed by atoms with E-state index in [-0.39, 0.29) is 24.6 Å². The summed E-state index contributed by atoms with van der Waals surface area (Å²) in [4.78, 5) is 24.4. The molecule has 6 nitrogen and oxygen atoms in total. The lowest BCUT2D eigenvalue weighted by molar-refractivity contribution is -0.120. The zero-order valence-corrected chi connectivity index (χ0v) is 11.0. The number of nitrogens with one attached hydrogen (secondary N) is 2. The summed E-state index contributed by atoms with van der Waals surface area (Å²) in [7, 11) is 1.77.